The molecule has 2 N–H and O–H groups in total. The Morgan fingerprint density at radius 1 is 1.11 bits per heavy atom. The second-order valence-electron chi connectivity index (χ2n) is 8.37. The van der Waals surface area contributed by atoms with Crippen LogP contribution in [0, 0.1) is 11.8 Å². The van der Waals surface area contributed by atoms with E-state index < -0.39 is 0 Å². The molecule has 164 valence electrons. The highest BCUT2D eigenvalue weighted by molar-refractivity contribution is 14.0. The lowest BCUT2D eigenvalue weighted by Gasteiger charge is -2.36. The van der Waals surface area contributed by atoms with E-state index in [1.165, 1.54) is 19.3 Å². The van der Waals surface area contributed by atoms with Crippen molar-refractivity contribution in [3.63, 3.8) is 0 Å². The van der Waals surface area contributed by atoms with E-state index >= 15 is 0 Å². The number of nitrogens with zero attached hydrogens (tertiary/aromatic N) is 3. The van der Waals surface area contributed by atoms with Crippen molar-refractivity contribution < 1.29 is 4.79 Å². The van der Waals surface area contributed by atoms with Crippen LogP contribution in [0.5, 0.6) is 0 Å². The summed E-state index contributed by atoms with van der Waals surface area (Å²) >= 11 is 0. The van der Waals surface area contributed by atoms with Crippen LogP contribution in [0.3, 0.4) is 0 Å². The van der Waals surface area contributed by atoms with Crippen LogP contribution < -0.4 is 10.6 Å². The van der Waals surface area contributed by atoms with Crippen LogP contribution in [-0.4, -0.2) is 74.0 Å². The standard InChI is InChI=1S/C21H41N5O.HI/c1-4-22-21(23-11-7-8-18(2)3)24-12-13-25-14-16-26(17-15-25)20(27)19-9-5-6-10-19;/h18-19H,4-17H2,1-3H3,(H2,22,23,24);1H. The molecule has 2 aliphatic rings. The summed E-state index contributed by atoms with van der Waals surface area (Å²) in [5.74, 6) is 2.40. The van der Waals surface area contributed by atoms with Crippen molar-refractivity contribution in [2.45, 2.75) is 59.3 Å². The zero-order valence-corrected chi connectivity index (χ0v) is 20.5. The van der Waals surface area contributed by atoms with E-state index in [-0.39, 0.29) is 24.0 Å². The Hall–Kier alpha value is -0.570. The minimum absolute atomic E-state index is 0. The number of piperazine rings is 1. The van der Waals surface area contributed by atoms with Crippen molar-refractivity contribution in [3.8, 4) is 0 Å². The van der Waals surface area contributed by atoms with Gasteiger partial charge in [0.15, 0.2) is 5.96 Å². The minimum Gasteiger partial charge on any atom is -0.357 e. The van der Waals surface area contributed by atoms with E-state index in [4.69, 9.17) is 0 Å². The molecule has 6 nitrogen and oxygen atoms in total. The van der Waals surface area contributed by atoms with Gasteiger partial charge in [-0.15, -0.1) is 24.0 Å². The van der Waals surface area contributed by atoms with Crippen LogP contribution in [0.1, 0.15) is 59.3 Å². The van der Waals surface area contributed by atoms with E-state index in [2.05, 4.69) is 46.2 Å². The Morgan fingerprint density at radius 3 is 2.39 bits per heavy atom. The summed E-state index contributed by atoms with van der Waals surface area (Å²) in [6.45, 7) is 14.0. The van der Waals surface area contributed by atoms with E-state index in [1.54, 1.807) is 0 Å². The fourth-order valence-corrected chi connectivity index (χ4v) is 3.99. The zero-order chi connectivity index (χ0) is 19.5. The van der Waals surface area contributed by atoms with Crippen LogP contribution in [-0.2, 0) is 4.79 Å². The number of amides is 1. The Labute approximate surface area is 189 Å². The Balaban J connectivity index is 0.00000392. The third kappa shape index (κ3) is 9.29. The van der Waals surface area contributed by atoms with Gasteiger partial charge in [0.1, 0.15) is 0 Å². The van der Waals surface area contributed by atoms with Crippen molar-refractivity contribution in [3.05, 3.63) is 0 Å². The van der Waals surface area contributed by atoms with Gasteiger partial charge in [-0.25, -0.2) is 0 Å². The SMILES string of the molecule is CCNC(=NCCCC(C)C)NCCN1CCN(C(=O)C2CCCC2)CC1.I. The number of halogens is 1. The fourth-order valence-electron chi connectivity index (χ4n) is 3.99. The average Bonchev–Trinajstić information content (AvgIpc) is 3.19. The predicted molar refractivity (Wildman–Crippen MR) is 128 cm³/mol. The van der Waals surface area contributed by atoms with Crippen LogP contribution in [0.2, 0.25) is 0 Å². The molecule has 0 aromatic rings. The first kappa shape index (κ1) is 25.5. The van der Waals surface area contributed by atoms with Gasteiger partial charge in [0.25, 0.3) is 0 Å². The van der Waals surface area contributed by atoms with Gasteiger partial charge in [0.05, 0.1) is 0 Å². The molecule has 0 aromatic carbocycles. The summed E-state index contributed by atoms with van der Waals surface area (Å²) in [7, 11) is 0. The largest absolute Gasteiger partial charge is 0.357 e. The molecule has 1 heterocycles. The lowest BCUT2D eigenvalue weighted by molar-refractivity contribution is -0.137. The lowest BCUT2D eigenvalue weighted by Crippen LogP contribution is -2.51. The van der Waals surface area contributed by atoms with E-state index in [0.717, 1.165) is 83.5 Å². The van der Waals surface area contributed by atoms with Crippen molar-refractivity contribution in [1.82, 2.24) is 20.4 Å². The second kappa shape index (κ2) is 14.4. The summed E-state index contributed by atoms with van der Waals surface area (Å²) in [6, 6.07) is 0. The molecule has 0 aromatic heterocycles. The average molecular weight is 508 g/mol. The highest BCUT2D eigenvalue weighted by Gasteiger charge is 2.29. The molecule has 0 radical (unpaired) electrons. The van der Waals surface area contributed by atoms with Gasteiger partial charge in [0.2, 0.25) is 5.91 Å². The van der Waals surface area contributed by atoms with Gasteiger partial charge in [-0.1, -0.05) is 26.7 Å². The number of carbonyl (C=O) groups excluding carboxylic acids is 1. The highest BCUT2D eigenvalue weighted by atomic mass is 127. The first-order chi connectivity index (χ1) is 13.1. The molecular weight excluding hydrogens is 465 g/mol. The van der Waals surface area contributed by atoms with Crippen LogP contribution in [0.4, 0.5) is 0 Å². The van der Waals surface area contributed by atoms with Crippen molar-refractivity contribution >= 4 is 35.8 Å². The molecule has 0 spiro atoms. The van der Waals surface area contributed by atoms with Gasteiger partial charge >= 0.3 is 0 Å². The normalized spacial score (nSPS) is 19.0. The van der Waals surface area contributed by atoms with Gasteiger partial charge < -0.3 is 15.5 Å². The molecule has 1 saturated heterocycles. The number of carbonyl (C=O) groups is 1. The molecular formula is C21H42IN5O. The summed E-state index contributed by atoms with van der Waals surface area (Å²) in [5, 5.41) is 6.78. The molecule has 2 rings (SSSR count). The third-order valence-corrected chi connectivity index (χ3v) is 5.66. The minimum atomic E-state index is 0. The molecule has 7 heteroatoms. The number of guanidine groups is 1. The van der Waals surface area contributed by atoms with Crippen LogP contribution in [0.25, 0.3) is 0 Å². The predicted octanol–water partition coefficient (Wildman–Crippen LogP) is 2.93. The molecule has 28 heavy (non-hydrogen) atoms. The quantitative estimate of drug-likeness (QED) is 0.218. The second-order valence-corrected chi connectivity index (χ2v) is 8.37. The summed E-state index contributed by atoms with van der Waals surface area (Å²) in [4.78, 5) is 21.7. The Morgan fingerprint density at radius 2 is 1.79 bits per heavy atom. The maximum atomic E-state index is 12.5. The van der Waals surface area contributed by atoms with Crippen LogP contribution in [0.15, 0.2) is 4.99 Å². The van der Waals surface area contributed by atoms with Gasteiger partial charge in [-0.2, -0.15) is 0 Å². The first-order valence-corrected chi connectivity index (χ1v) is 11.1. The molecule has 1 aliphatic carbocycles. The number of nitrogens with one attached hydrogen (secondary N) is 2. The Bertz CT molecular complexity index is 458. The highest BCUT2D eigenvalue weighted by Crippen LogP contribution is 2.26. The monoisotopic (exact) mass is 507 g/mol. The lowest BCUT2D eigenvalue weighted by atomic mass is 10.1. The molecule has 1 saturated carbocycles. The van der Waals surface area contributed by atoms with Gasteiger partial charge in [0, 0.05) is 58.3 Å². The molecule has 1 aliphatic heterocycles. The molecule has 0 unspecified atom stereocenters. The molecule has 0 atom stereocenters. The van der Waals surface area contributed by atoms with Crippen molar-refractivity contribution in [2.24, 2.45) is 16.8 Å². The molecule has 2 fully saturated rings. The van der Waals surface area contributed by atoms with E-state index in [0.29, 0.717) is 11.8 Å². The molecule has 1 amide bonds. The number of aliphatic imine (C=N–C) groups is 1. The molecule has 0 bridgehead atoms. The maximum absolute atomic E-state index is 12.5. The summed E-state index contributed by atoms with van der Waals surface area (Å²) in [5.41, 5.74) is 0. The fraction of sp³-hybridized carbons (Fsp3) is 0.905. The number of hydrogen-bond acceptors (Lipinski definition) is 3. The van der Waals surface area contributed by atoms with Gasteiger partial charge in [-0.05, 0) is 38.5 Å². The third-order valence-electron chi connectivity index (χ3n) is 5.66. The topological polar surface area (TPSA) is 60.0 Å². The maximum Gasteiger partial charge on any atom is 0.225 e. The zero-order valence-electron chi connectivity index (χ0n) is 18.2. The first-order valence-electron chi connectivity index (χ1n) is 11.1. The van der Waals surface area contributed by atoms with Crippen molar-refractivity contribution in [2.75, 3.05) is 52.4 Å². The smallest absolute Gasteiger partial charge is 0.225 e. The number of hydrogen-bond donors (Lipinski definition) is 2. The Kier molecular flexibility index (Phi) is 13.1. The summed E-state index contributed by atoms with van der Waals surface area (Å²) < 4.78 is 0. The van der Waals surface area contributed by atoms with Gasteiger partial charge in [-0.3, -0.25) is 14.7 Å². The summed E-state index contributed by atoms with van der Waals surface area (Å²) in [6.07, 6.45) is 7.04. The van der Waals surface area contributed by atoms with Crippen molar-refractivity contribution in [1.29, 1.82) is 0 Å². The van der Waals surface area contributed by atoms with E-state index in [1.807, 2.05) is 0 Å². The van der Waals surface area contributed by atoms with E-state index in [9.17, 15) is 4.79 Å². The number of rotatable bonds is 9. The van der Waals surface area contributed by atoms with Crippen LogP contribution >= 0.6 is 24.0 Å².